The van der Waals surface area contributed by atoms with Gasteiger partial charge < -0.3 is 14.2 Å². The first-order chi connectivity index (χ1) is 33.5. The monoisotopic (exact) mass is 943 g/mol. The zero-order chi connectivity index (χ0) is 49.3. The van der Waals surface area contributed by atoms with E-state index in [0.29, 0.717) is 6.42 Å². The molecule has 0 fully saturated rings. The number of esters is 3. The minimum atomic E-state index is -0.829. The smallest absolute Gasteiger partial charge is 0.309 e. The van der Waals surface area contributed by atoms with E-state index in [-0.39, 0.29) is 38.0 Å². The molecule has 0 amide bonds. The van der Waals surface area contributed by atoms with Crippen molar-refractivity contribution >= 4 is 17.9 Å². The van der Waals surface area contributed by atoms with Crippen molar-refractivity contribution < 1.29 is 28.6 Å². The van der Waals surface area contributed by atoms with E-state index in [1.54, 1.807) is 6.08 Å². The molecule has 0 aliphatic rings. The highest BCUT2D eigenvalue weighted by Gasteiger charge is 2.19. The van der Waals surface area contributed by atoms with E-state index in [0.717, 1.165) is 103 Å². The third-order valence-corrected chi connectivity index (χ3v) is 11.5. The first-order valence-electron chi connectivity index (χ1n) is 27.9. The van der Waals surface area contributed by atoms with Crippen LogP contribution in [0.3, 0.4) is 0 Å². The summed E-state index contributed by atoms with van der Waals surface area (Å²) in [6.45, 7) is 6.38. The molecule has 0 aromatic carbocycles. The van der Waals surface area contributed by atoms with Gasteiger partial charge in [0.15, 0.2) is 6.10 Å². The normalized spacial score (nSPS) is 12.9. The van der Waals surface area contributed by atoms with Gasteiger partial charge in [-0.25, -0.2) is 0 Å². The Morgan fingerprint density at radius 2 is 0.632 bits per heavy atom. The molecule has 386 valence electrons. The number of carbonyl (C=O) groups is 3. The van der Waals surface area contributed by atoms with E-state index in [1.807, 2.05) is 6.08 Å². The Bertz CT molecular complexity index is 1410. The summed E-state index contributed by atoms with van der Waals surface area (Å²) >= 11 is 0. The van der Waals surface area contributed by atoms with Gasteiger partial charge in [0, 0.05) is 12.8 Å². The molecule has 6 nitrogen and oxygen atoms in total. The first kappa shape index (κ1) is 64.1. The molecular formula is C62H102O6. The summed E-state index contributed by atoms with van der Waals surface area (Å²) in [6.07, 6.45) is 75.2. The van der Waals surface area contributed by atoms with Gasteiger partial charge in [0.05, 0.1) is 6.42 Å². The first-order valence-corrected chi connectivity index (χ1v) is 27.9. The average molecular weight is 943 g/mol. The van der Waals surface area contributed by atoms with Crippen LogP contribution in [0.15, 0.2) is 109 Å². The van der Waals surface area contributed by atoms with Crippen molar-refractivity contribution in [1.82, 2.24) is 0 Å². The molecule has 0 rings (SSSR count). The predicted molar refractivity (Wildman–Crippen MR) is 293 cm³/mol. The summed E-state index contributed by atoms with van der Waals surface area (Å²) in [4.78, 5) is 38.1. The molecule has 1 atom stereocenters. The fraction of sp³-hybridized carbons (Fsp3) is 0.661. The fourth-order valence-corrected chi connectivity index (χ4v) is 7.34. The summed E-state index contributed by atoms with van der Waals surface area (Å²) in [6, 6.07) is 0. The molecule has 0 aromatic rings. The fourth-order valence-electron chi connectivity index (χ4n) is 7.34. The summed E-state index contributed by atoms with van der Waals surface area (Å²) in [7, 11) is 0. The highest BCUT2D eigenvalue weighted by Crippen LogP contribution is 2.14. The molecule has 0 heterocycles. The van der Waals surface area contributed by atoms with Gasteiger partial charge in [-0.1, -0.05) is 226 Å². The van der Waals surface area contributed by atoms with Crippen LogP contribution in [0.4, 0.5) is 0 Å². The Kier molecular flexibility index (Phi) is 52.4. The standard InChI is InChI=1S/C62H102O6/c1-4-7-10-13-16-19-22-25-28-30-31-32-35-37-40-43-46-49-52-55-61(64)67-58-59(57-66-60(63)54-51-48-45-42-39-36-33-27-24-21-18-15-12-9-6-3)68-62(65)56-53-50-47-44-41-38-34-29-26-23-20-17-14-11-8-5-2/h9,12,16,18-21,23,25,27-29,33-34,39,42,48,51,59H,4-8,10-11,13-15,17,22,24,26,30-32,35-38,40-41,43-47,49-50,52-58H2,1-3H3/b12-9-,19-16-,21-18-,23-20-,28-25-,33-27-,34-29-,42-39-,51-48-. The van der Waals surface area contributed by atoms with Crippen molar-refractivity contribution in [2.24, 2.45) is 0 Å². The molecular weight excluding hydrogens is 841 g/mol. The maximum absolute atomic E-state index is 12.8. The van der Waals surface area contributed by atoms with Gasteiger partial charge in [0.1, 0.15) is 13.2 Å². The molecule has 68 heavy (non-hydrogen) atoms. The minimum Gasteiger partial charge on any atom is -0.462 e. The van der Waals surface area contributed by atoms with Gasteiger partial charge >= 0.3 is 17.9 Å². The predicted octanol–water partition coefficient (Wildman–Crippen LogP) is 18.7. The molecule has 0 saturated heterocycles. The van der Waals surface area contributed by atoms with Gasteiger partial charge in [0.25, 0.3) is 0 Å². The van der Waals surface area contributed by atoms with E-state index < -0.39 is 12.1 Å². The zero-order valence-corrected chi connectivity index (χ0v) is 44.1. The number of ether oxygens (including phenoxy) is 3. The Labute approximate surface area is 419 Å². The van der Waals surface area contributed by atoms with Gasteiger partial charge in [-0.2, -0.15) is 0 Å². The number of rotatable bonds is 49. The Hall–Kier alpha value is -3.93. The topological polar surface area (TPSA) is 78.9 Å². The number of carbonyl (C=O) groups excluding carboxylic acids is 3. The highest BCUT2D eigenvalue weighted by atomic mass is 16.6. The second-order valence-electron chi connectivity index (χ2n) is 18.1. The van der Waals surface area contributed by atoms with Gasteiger partial charge in [0.2, 0.25) is 0 Å². The van der Waals surface area contributed by atoms with Gasteiger partial charge in [-0.15, -0.1) is 0 Å². The van der Waals surface area contributed by atoms with Crippen LogP contribution in [0.1, 0.15) is 245 Å². The van der Waals surface area contributed by atoms with Crippen LogP contribution in [0, 0.1) is 0 Å². The number of unbranched alkanes of at least 4 members (excludes halogenated alkanes) is 21. The second kappa shape index (κ2) is 55.7. The highest BCUT2D eigenvalue weighted by molar-refractivity contribution is 5.72. The molecule has 0 saturated carbocycles. The lowest BCUT2D eigenvalue weighted by atomic mass is 10.1. The molecule has 0 radical (unpaired) electrons. The van der Waals surface area contributed by atoms with Crippen LogP contribution in [0.25, 0.3) is 0 Å². The van der Waals surface area contributed by atoms with Crippen molar-refractivity contribution in [3.63, 3.8) is 0 Å². The maximum Gasteiger partial charge on any atom is 0.309 e. The molecule has 0 aliphatic heterocycles. The van der Waals surface area contributed by atoms with E-state index in [9.17, 15) is 14.4 Å². The molecule has 0 N–H and O–H groups in total. The van der Waals surface area contributed by atoms with E-state index >= 15 is 0 Å². The van der Waals surface area contributed by atoms with Crippen LogP contribution in [-0.4, -0.2) is 37.2 Å². The van der Waals surface area contributed by atoms with Crippen molar-refractivity contribution in [2.75, 3.05) is 13.2 Å². The molecule has 0 aliphatic carbocycles. The zero-order valence-electron chi connectivity index (χ0n) is 44.1. The minimum absolute atomic E-state index is 0.117. The van der Waals surface area contributed by atoms with Crippen molar-refractivity contribution in [2.45, 2.75) is 252 Å². The van der Waals surface area contributed by atoms with Crippen molar-refractivity contribution in [3.05, 3.63) is 109 Å². The third-order valence-electron chi connectivity index (χ3n) is 11.5. The van der Waals surface area contributed by atoms with Crippen LogP contribution in [-0.2, 0) is 28.6 Å². The van der Waals surface area contributed by atoms with Crippen LogP contribution in [0.2, 0.25) is 0 Å². The summed E-state index contributed by atoms with van der Waals surface area (Å²) in [5.74, 6) is -1.07. The Balaban J connectivity index is 4.51. The van der Waals surface area contributed by atoms with Crippen LogP contribution < -0.4 is 0 Å². The Morgan fingerprint density at radius 1 is 0.324 bits per heavy atom. The van der Waals surface area contributed by atoms with Gasteiger partial charge in [-0.3, -0.25) is 14.4 Å². The second-order valence-corrected chi connectivity index (χ2v) is 18.1. The van der Waals surface area contributed by atoms with Crippen LogP contribution >= 0.6 is 0 Å². The quantitative estimate of drug-likeness (QED) is 0.0262. The summed E-state index contributed by atoms with van der Waals surface area (Å²) < 4.78 is 16.7. The lowest BCUT2D eigenvalue weighted by Crippen LogP contribution is -2.30. The molecule has 6 heteroatoms. The molecule has 1 unspecified atom stereocenters. The maximum atomic E-state index is 12.8. The number of hydrogen-bond donors (Lipinski definition) is 0. The Morgan fingerprint density at radius 3 is 1.06 bits per heavy atom. The molecule has 0 bridgehead atoms. The van der Waals surface area contributed by atoms with Crippen molar-refractivity contribution in [1.29, 1.82) is 0 Å². The van der Waals surface area contributed by atoms with Crippen LogP contribution in [0.5, 0.6) is 0 Å². The van der Waals surface area contributed by atoms with E-state index in [1.165, 1.54) is 103 Å². The largest absolute Gasteiger partial charge is 0.462 e. The number of hydrogen-bond acceptors (Lipinski definition) is 6. The average Bonchev–Trinajstić information content (AvgIpc) is 3.34. The lowest BCUT2D eigenvalue weighted by molar-refractivity contribution is -0.166. The molecule has 0 aromatic heterocycles. The number of allylic oxidation sites excluding steroid dienone is 17. The molecule has 0 spiro atoms. The van der Waals surface area contributed by atoms with E-state index in [2.05, 4.69) is 118 Å². The third kappa shape index (κ3) is 53.0. The van der Waals surface area contributed by atoms with Gasteiger partial charge in [-0.05, 0) is 109 Å². The van der Waals surface area contributed by atoms with Crippen molar-refractivity contribution in [3.8, 4) is 0 Å². The summed E-state index contributed by atoms with van der Waals surface area (Å²) in [5.41, 5.74) is 0. The van der Waals surface area contributed by atoms with E-state index in [4.69, 9.17) is 14.2 Å². The SMILES string of the molecule is CC/C=C\C/C=C\C/C=C\C/C=C\C/C=C\CC(=O)OCC(COC(=O)CCCCCCCCCCC/C=C\C/C=C\CCCCC)OC(=O)CCCCCCC/C=C\C/C=C\CCCCCC. The lowest BCUT2D eigenvalue weighted by Gasteiger charge is -2.18. The summed E-state index contributed by atoms with van der Waals surface area (Å²) in [5, 5.41) is 0.